The molecular formula is C21H20N2O4S. The van der Waals surface area contributed by atoms with E-state index in [1.165, 1.54) is 11.3 Å². The second kappa shape index (κ2) is 8.31. The van der Waals surface area contributed by atoms with Crippen LogP contribution >= 0.6 is 11.3 Å². The smallest absolute Gasteiger partial charge is 0.226 e. The molecule has 28 heavy (non-hydrogen) atoms. The van der Waals surface area contributed by atoms with Gasteiger partial charge in [-0.1, -0.05) is 12.1 Å². The summed E-state index contributed by atoms with van der Waals surface area (Å²) in [6, 6.07) is 13.5. The third kappa shape index (κ3) is 4.26. The van der Waals surface area contributed by atoms with Gasteiger partial charge in [0.2, 0.25) is 5.91 Å². The molecular weight excluding hydrogens is 376 g/mol. The molecule has 1 aliphatic heterocycles. The van der Waals surface area contributed by atoms with Gasteiger partial charge in [0.1, 0.15) is 19.0 Å². The zero-order valence-corrected chi connectivity index (χ0v) is 16.3. The maximum Gasteiger partial charge on any atom is 0.226 e. The van der Waals surface area contributed by atoms with E-state index in [0.29, 0.717) is 31.2 Å². The van der Waals surface area contributed by atoms with E-state index in [0.717, 1.165) is 34.1 Å². The van der Waals surface area contributed by atoms with E-state index in [-0.39, 0.29) is 5.91 Å². The standard InChI is InChI=1S/C21H20N2O4S/c1-25-16-4-2-3-14(11-16)5-8-20(24)23-21-22-17(13-28-21)15-6-7-18-19(12-15)27-10-9-26-18/h2-4,6-7,11-13H,5,8-10H2,1H3,(H,22,23,24). The van der Waals surface area contributed by atoms with Crippen LogP contribution in [0.2, 0.25) is 0 Å². The number of nitrogens with zero attached hydrogens (tertiary/aromatic N) is 1. The minimum Gasteiger partial charge on any atom is -0.497 e. The van der Waals surface area contributed by atoms with Crippen LogP contribution in [0.4, 0.5) is 5.13 Å². The lowest BCUT2D eigenvalue weighted by atomic mass is 10.1. The van der Waals surface area contributed by atoms with Gasteiger partial charge >= 0.3 is 0 Å². The number of thiazole rings is 1. The molecule has 0 aliphatic carbocycles. The van der Waals surface area contributed by atoms with E-state index in [1.54, 1.807) is 7.11 Å². The number of carbonyl (C=O) groups is 1. The van der Waals surface area contributed by atoms with Crippen LogP contribution < -0.4 is 19.5 Å². The number of hydrogen-bond acceptors (Lipinski definition) is 6. The first-order valence-electron chi connectivity index (χ1n) is 8.99. The van der Waals surface area contributed by atoms with Crippen molar-refractivity contribution in [1.82, 2.24) is 4.98 Å². The summed E-state index contributed by atoms with van der Waals surface area (Å²) >= 11 is 1.40. The molecule has 0 atom stereocenters. The van der Waals surface area contributed by atoms with Crippen LogP contribution in [-0.4, -0.2) is 31.2 Å². The Hall–Kier alpha value is -3.06. The molecule has 0 spiro atoms. The van der Waals surface area contributed by atoms with Gasteiger partial charge < -0.3 is 19.5 Å². The van der Waals surface area contributed by atoms with Crippen molar-refractivity contribution >= 4 is 22.4 Å². The van der Waals surface area contributed by atoms with Crippen molar-refractivity contribution in [1.29, 1.82) is 0 Å². The molecule has 7 heteroatoms. The molecule has 0 bridgehead atoms. The zero-order valence-electron chi connectivity index (χ0n) is 15.4. The van der Waals surface area contributed by atoms with Crippen LogP contribution in [0, 0.1) is 0 Å². The quantitative estimate of drug-likeness (QED) is 0.677. The summed E-state index contributed by atoms with van der Waals surface area (Å²) in [6.07, 6.45) is 1.02. The third-order valence-corrected chi connectivity index (χ3v) is 5.12. The molecule has 2 aromatic carbocycles. The molecule has 144 valence electrons. The molecule has 1 N–H and O–H groups in total. The molecule has 4 rings (SSSR count). The Balaban J connectivity index is 1.37. The number of methoxy groups -OCH3 is 1. The first-order valence-corrected chi connectivity index (χ1v) is 9.87. The molecule has 0 unspecified atom stereocenters. The molecule has 0 saturated carbocycles. The first kappa shape index (κ1) is 18.3. The first-order chi connectivity index (χ1) is 13.7. The maximum absolute atomic E-state index is 12.3. The monoisotopic (exact) mass is 396 g/mol. The summed E-state index contributed by atoms with van der Waals surface area (Å²) in [5.74, 6) is 2.20. The fourth-order valence-corrected chi connectivity index (χ4v) is 3.67. The summed E-state index contributed by atoms with van der Waals surface area (Å²) in [5.41, 5.74) is 2.79. The van der Waals surface area contributed by atoms with Crippen molar-refractivity contribution < 1.29 is 19.0 Å². The van der Waals surface area contributed by atoms with E-state index in [4.69, 9.17) is 14.2 Å². The Bertz CT molecular complexity index is 986. The predicted molar refractivity (Wildman–Crippen MR) is 108 cm³/mol. The van der Waals surface area contributed by atoms with Crippen LogP contribution in [0.1, 0.15) is 12.0 Å². The fraction of sp³-hybridized carbons (Fsp3) is 0.238. The number of benzene rings is 2. The molecule has 0 saturated heterocycles. The van der Waals surface area contributed by atoms with Gasteiger partial charge in [0.05, 0.1) is 12.8 Å². The summed E-state index contributed by atoms with van der Waals surface area (Å²) in [6.45, 7) is 1.11. The number of amides is 1. The number of carbonyl (C=O) groups excluding carboxylic acids is 1. The van der Waals surface area contributed by atoms with Crippen molar-refractivity contribution in [2.24, 2.45) is 0 Å². The predicted octanol–water partition coefficient (Wildman–Crippen LogP) is 4.16. The minimum absolute atomic E-state index is 0.0640. The number of rotatable bonds is 6. The molecule has 0 fully saturated rings. The second-order valence-corrected chi connectivity index (χ2v) is 7.15. The van der Waals surface area contributed by atoms with E-state index in [2.05, 4.69) is 10.3 Å². The highest BCUT2D eigenvalue weighted by Gasteiger charge is 2.14. The lowest BCUT2D eigenvalue weighted by Gasteiger charge is -2.18. The van der Waals surface area contributed by atoms with Crippen LogP contribution in [0.5, 0.6) is 17.2 Å². The third-order valence-electron chi connectivity index (χ3n) is 4.36. The van der Waals surface area contributed by atoms with Gasteiger partial charge in [-0.25, -0.2) is 4.98 Å². The topological polar surface area (TPSA) is 69.7 Å². The van der Waals surface area contributed by atoms with Gasteiger partial charge in [-0.2, -0.15) is 0 Å². The van der Waals surface area contributed by atoms with E-state index in [1.807, 2.05) is 47.8 Å². The Morgan fingerprint density at radius 2 is 2.04 bits per heavy atom. The summed E-state index contributed by atoms with van der Waals surface area (Å²) in [5, 5.41) is 5.38. The molecule has 2 heterocycles. The molecule has 3 aromatic rings. The molecule has 1 aromatic heterocycles. The van der Waals surface area contributed by atoms with Crippen molar-refractivity contribution in [3.8, 4) is 28.5 Å². The summed E-state index contributed by atoms with van der Waals surface area (Å²) in [4.78, 5) is 16.8. The van der Waals surface area contributed by atoms with Gasteiger partial charge in [-0.3, -0.25) is 4.79 Å². The highest BCUT2D eigenvalue weighted by molar-refractivity contribution is 7.14. The lowest BCUT2D eigenvalue weighted by molar-refractivity contribution is -0.116. The Morgan fingerprint density at radius 3 is 2.89 bits per heavy atom. The number of hydrogen-bond donors (Lipinski definition) is 1. The van der Waals surface area contributed by atoms with Crippen molar-refractivity contribution in [3.05, 3.63) is 53.4 Å². The minimum atomic E-state index is -0.0640. The van der Waals surface area contributed by atoms with Crippen LogP contribution in [0.15, 0.2) is 47.8 Å². The number of nitrogens with one attached hydrogen (secondary N) is 1. The SMILES string of the molecule is COc1cccc(CCC(=O)Nc2nc(-c3ccc4c(c3)OCCO4)cs2)c1. The van der Waals surface area contributed by atoms with Gasteiger partial charge in [0, 0.05) is 17.4 Å². The Kier molecular flexibility index (Phi) is 5.43. The number of aryl methyl sites for hydroxylation is 1. The highest BCUT2D eigenvalue weighted by atomic mass is 32.1. The number of fused-ring (bicyclic) bond motifs is 1. The van der Waals surface area contributed by atoms with Gasteiger partial charge in [-0.15, -0.1) is 11.3 Å². The Labute approximate surface area is 167 Å². The van der Waals surface area contributed by atoms with E-state index in [9.17, 15) is 4.79 Å². The Morgan fingerprint density at radius 1 is 1.18 bits per heavy atom. The van der Waals surface area contributed by atoms with Crippen LogP contribution in [0.3, 0.4) is 0 Å². The van der Waals surface area contributed by atoms with Gasteiger partial charge in [-0.05, 0) is 42.3 Å². The number of aromatic nitrogens is 1. The zero-order chi connectivity index (χ0) is 19.3. The van der Waals surface area contributed by atoms with Crippen molar-refractivity contribution in [2.45, 2.75) is 12.8 Å². The van der Waals surface area contributed by atoms with E-state index >= 15 is 0 Å². The molecule has 6 nitrogen and oxygen atoms in total. The average Bonchev–Trinajstić information content (AvgIpc) is 3.20. The van der Waals surface area contributed by atoms with Gasteiger partial charge in [0.15, 0.2) is 16.6 Å². The second-order valence-electron chi connectivity index (χ2n) is 6.30. The molecule has 0 radical (unpaired) electrons. The molecule has 1 amide bonds. The summed E-state index contributed by atoms with van der Waals surface area (Å²) in [7, 11) is 1.63. The average molecular weight is 396 g/mol. The highest BCUT2D eigenvalue weighted by Crippen LogP contribution is 2.35. The van der Waals surface area contributed by atoms with Crippen LogP contribution in [0.25, 0.3) is 11.3 Å². The van der Waals surface area contributed by atoms with Crippen molar-refractivity contribution in [3.63, 3.8) is 0 Å². The lowest BCUT2D eigenvalue weighted by Crippen LogP contribution is -2.15. The summed E-state index contributed by atoms with van der Waals surface area (Å²) < 4.78 is 16.4. The fourth-order valence-electron chi connectivity index (χ4n) is 2.93. The van der Waals surface area contributed by atoms with E-state index < -0.39 is 0 Å². The number of anilines is 1. The van der Waals surface area contributed by atoms with Crippen molar-refractivity contribution in [2.75, 3.05) is 25.6 Å². The number of ether oxygens (including phenoxy) is 3. The van der Waals surface area contributed by atoms with Gasteiger partial charge in [0.25, 0.3) is 0 Å². The normalized spacial score (nSPS) is 12.5. The maximum atomic E-state index is 12.3. The van der Waals surface area contributed by atoms with Crippen LogP contribution in [-0.2, 0) is 11.2 Å². The molecule has 1 aliphatic rings. The largest absolute Gasteiger partial charge is 0.497 e.